The molecule has 2 fully saturated rings. The van der Waals surface area contributed by atoms with Gasteiger partial charge in [-0.3, -0.25) is 0 Å². The van der Waals surface area contributed by atoms with Gasteiger partial charge in [0.15, 0.2) is 0 Å². The molecule has 0 heterocycles. The highest BCUT2D eigenvalue weighted by atomic mass is 14.5. The fourth-order valence-electron chi connectivity index (χ4n) is 3.87. The van der Waals surface area contributed by atoms with Crippen molar-refractivity contribution in [2.45, 2.75) is 72.1 Å². The number of hydrogen-bond acceptors (Lipinski definition) is 0. The fourth-order valence-corrected chi connectivity index (χ4v) is 3.87. The van der Waals surface area contributed by atoms with Gasteiger partial charge >= 0.3 is 0 Å². The Bertz CT molecular complexity index is 196. The first-order valence-electron chi connectivity index (χ1n) is 6.54. The van der Waals surface area contributed by atoms with E-state index in [1.807, 2.05) is 0 Å². The van der Waals surface area contributed by atoms with Gasteiger partial charge in [-0.1, -0.05) is 40.0 Å². The minimum absolute atomic E-state index is 0.607. The molecule has 2 aliphatic rings. The van der Waals surface area contributed by atoms with E-state index in [1.165, 1.54) is 51.4 Å². The van der Waals surface area contributed by atoms with E-state index in [1.54, 1.807) is 0 Å². The van der Waals surface area contributed by atoms with Gasteiger partial charge in [-0.05, 0) is 48.9 Å². The predicted octanol–water partition coefficient (Wildman–Crippen LogP) is 4.78. The van der Waals surface area contributed by atoms with Crippen LogP contribution >= 0.6 is 0 Å². The van der Waals surface area contributed by atoms with Crippen molar-refractivity contribution >= 4 is 0 Å². The van der Waals surface area contributed by atoms with Gasteiger partial charge in [0.25, 0.3) is 0 Å². The van der Waals surface area contributed by atoms with Crippen LogP contribution in [0.3, 0.4) is 0 Å². The Kier molecular flexibility index (Phi) is 2.66. The molecule has 2 aliphatic carbocycles. The summed E-state index contributed by atoms with van der Waals surface area (Å²) < 4.78 is 0. The Labute approximate surface area is 89.5 Å². The topological polar surface area (TPSA) is 0 Å². The minimum Gasteiger partial charge on any atom is -0.0620 e. The summed E-state index contributed by atoms with van der Waals surface area (Å²) in [5.41, 5.74) is 1.38. The van der Waals surface area contributed by atoms with E-state index in [2.05, 4.69) is 20.8 Å². The van der Waals surface area contributed by atoms with Gasteiger partial charge in [0.05, 0.1) is 0 Å². The molecule has 0 nitrogen and oxygen atoms in total. The maximum atomic E-state index is 2.49. The van der Waals surface area contributed by atoms with Crippen LogP contribution in [0.1, 0.15) is 72.1 Å². The lowest BCUT2D eigenvalue weighted by Gasteiger charge is -2.50. The zero-order chi connectivity index (χ0) is 10.2. The first-order valence-corrected chi connectivity index (χ1v) is 6.54. The average Bonchev–Trinajstić information content (AvgIpc) is 2.13. The number of hydrogen-bond donors (Lipinski definition) is 0. The molecule has 0 heteroatoms. The minimum atomic E-state index is 0.607. The molecule has 1 spiro atoms. The first kappa shape index (κ1) is 10.5. The Morgan fingerprint density at radius 3 is 2.14 bits per heavy atom. The average molecular weight is 194 g/mol. The van der Waals surface area contributed by atoms with Gasteiger partial charge in [0.1, 0.15) is 0 Å². The summed E-state index contributed by atoms with van der Waals surface area (Å²) in [5, 5.41) is 0. The van der Waals surface area contributed by atoms with Crippen molar-refractivity contribution in [3.8, 4) is 0 Å². The second-order valence-corrected chi connectivity index (χ2v) is 6.67. The highest BCUT2D eigenvalue weighted by Gasteiger charge is 2.43. The molecule has 82 valence electrons. The van der Waals surface area contributed by atoms with Crippen molar-refractivity contribution in [1.82, 2.24) is 0 Å². The van der Waals surface area contributed by atoms with Crippen molar-refractivity contribution < 1.29 is 0 Å². The molecule has 0 unspecified atom stereocenters. The van der Waals surface area contributed by atoms with E-state index in [0.717, 1.165) is 11.3 Å². The highest BCUT2D eigenvalue weighted by molar-refractivity contribution is 4.94. The fraction of sp³-hybridized carbons (Fsp3) is 1.00. The molecule has 0 saturated heterocycles. The molecule has 0 bridgehead atoms. The third kappa shape index (κ3) is 1.85. The largest absolute Gasteiger partial charge is 0.0620 e. The summed E-state index contributed by atoms with van der Waals surface area (Å²) in [6, 6.07) is 0. The monoisotopic (exact) mass is 194 g/mol. The molecular formula is C14H26. The maximum Gasteiger partial charge on any atom is -0.0292 e. The van der Waals surface area contributed by atoms with Crippen LogP contribution in [0.15, 0.2) is 0 Å². The first-order chi connectivity index (χ1) is 6.54. The Hall–Kier alpha value is 0. The Morgan fingerprint density at radius 1 is 0.929 bits per heavy atom. The van der Waals surface area contributed by atoms with Gasteiger partial charge < -0.3 is 0 Å². The molecule has 0 aliphatic heterocycles. The predicted molar refractivity (Wildman–Crippen MR) is 62.3 cm³/mol. The van der Waals surface area contributed by atoms with E-state index in [9.17, 15) is 0 Å². The summed E-state index contributed by atoms with van der Waals surface area (Å²) in [7, 11) is 0. The Morgan fingerprint density at radius 2 is 1.57 bits per heavy atom. The number of rotatable bonds is 0. The maximum absolute atomic E-state index is 2.49. The second-order valence-electron chi connectivity index (χ2n) is 6.67. The standard InChI is InChI=1S/C14H26/c1-12-7-10-14(11-13(12,2)3)8-5-4-6-9-14/h12H,4-11H2,1-3H3/t12-/m1/s1. The molecule has 2 rings (SSSR count). The van der Waals surface area contributed by atoms with Gasteiger partial charge in [0.2, 0.25) is 0 Å². The molecular weight excluding hydrogens is 168 g/mol. The molecule has 0 aromatic rings. The van der Waals surface area contributed by atoms with E-state index in [0.29, 0.717) is 5.41 Å². The highest BCUT2D eigenvalue weighted by Crippen LogP contribution is 2.55. The molecule has 0 aromatic carbocycles. The molecule has 0 N–H and O–H groups in total. The van der Waals surface area contributed by atoms with Crippen LogP contribution < -0.4 is 0 Å². The molecule has 0 amide bonds. The van der Waals surface area contributed by atoms with Crippen LogP contribution in [-0.2, 0) is 0 Å². The van der Waals surface area contributed by atoms with Crippen LogP contribution in [0, 0.1) is 16.7 Å². The molecule has 0 aromatic heterocycles. The summed E-state index contributed by atoms with van der Waals surface area (Å²) in [5.74, 6) is 0.940. The molecule has 14 heavy (non-hydrogen) atoms. The third-order valence-corrected chi connectivity index (χ3v) is 5.19. The Balaban J connectivity index is 2.07. The van der Waals surface area contributed by atoms with Crippen LogP contribution in [0.2, 0.25) is 0 Å². The molecule has 2 saturated carbocycles. The zero-order valence-electron chi connectivity index (χ0n) is 10.2. The summed E-state index contributed by atoms with van der Waals surface area (Å²) >= 11 is 0. The smallest absolute Gasteiger partial charge is 0.0292 e. The molecule has 1 atom stereocenters. The van der Waals surface area contributed by atoms with Crippen molar-refractivity contribution in [2.75, 3.05) is 0 Å². The van der Waals surface area contributed by atoms with E-state index < -0.39 is 0 Å². The van der Waals surface area contributed by atoms with Crippen LogP contribution in [0.25, 0.3) is 0 Å². The summed E-state index contributed by atoms with van der Waals surface area (Å²) in [6.45, 7) is 7.44. The van der Waals surface area contributed by atoms with Crippen LogP contribution in [-0.4, -0.2) is 0 Å². The summed E-state index contributed by atoms with van der Waals surface area (Å²) in [6.07, 6.45) is 12.1. The third-order valence-electron chi connectivity index (χ3n) is 5.19. The van der Waals surface area contributed by atoms with Crippen LogP contribution in [0.5, 0.6) is 0 Å². The quantitative estimate of drug-likeness (QED) is 0.520. The normalized spacial score (nSPS) is 35.8. The van der Waals surface area contributed by atoms with Crippen molar-refractivity contribution in [2.24, 2.45) is 16.7 Å². The lowest BCUT2D eigenvalue weighted by molar-refractivity contribution is 0.00857. The van der Waals surface area contributed by atoms with Crippen molar-refractivity contribution in [3.63, 3.8) is 0 Å². The van der Waals surface area contributed by atoms with E-state index in [4.69, 9.17) is 0 Å². The van der Waals surface area contributed by atoms with E-state index in [-0.39, 0.29) is 0 Å². The lowest BCUT2D eigenvalue weighted by Crippen LogP contribution is -2.39. The zero-order valence-corrected chi connectivity index (χ0v) is 10.2. The van der Waals surface area contributed by atoms with Crippen molar-refractivity contribution in [3.05, 3.63) is 0 Å². The second kappa shape index (κ2) is 3.54. The van der Waals surface area contributed by atoms with Gasteiger partial charge in [-0.15, -0.1) is 0 Å². The van der Waals surface area contributed by atoms with Crippen molar-refractivity contribution in [1.29, 1.82) is 0 Å². The molecule has 0 radical (unpaired) electrons. The SMILES string of the molecule is C[C@@H]1CCC2(CCCCC2)CC1(C)C. The summed E-state index contributed by atoms with van der Waals surface area (Å²) in [4.78, 5) is 0. The van der Waals surface area contributed by atoms with Gasteiger partial charge in [-0.25, -0.2) is 0 Å². The lowest BCUT2D eigenvalue weighted by atomic mass is 9.55. The van der Waals surface area contributed by atoms with Crippen LogP contribution in [0.4, 0.5) is 0 Å². The van der Waals surface area contributed by atoms with Gasteiger partial charge in [-0.2, -0.15) is 0 Å². The van der Waals surface area contributed by atoms with E-state index >= 15 is 0 Å². The van der Waals surface area contributed by atoms with Gasteiger partial charge in [0, 0.05) is 0 Å².